The third kappa shape index (κ3) is 3.30. The van der Waals surface area contributed by atoms with Crippen molar-refractivity contribution >= 4 is 11.6 Å². The molecule has 0 spiro atoms. The van der Waals surface area contributed by atoms with Gasteiger partial charge in [0, 0.05) is 6.42 Å². The topological polar surface area (TPSA) is 27.1 Å². The second-order valence-corrected chi connectivity index (χ2v) is 6.27. The number of ether oxygens (including phenoxy) is 1. The van der Waals surface area contributed by atoms with Gasteiger partial charge in [0.15, 0.2) is 0 Å². The summed E-state index contributed by atoms with van der Waals surface area (Å²) in [6.45, 7) is 8.60. The predicted octanol–water partition coefficient (Wildman–Crippen LogP) is 4.86. The van der Waals surface area contributed by atoms with E-state index < -0.39 is 0 Å². The Morgan fingerprint density at radius 2 is 1.95 bits per heavy atom. The van der Waals surface area contributed by atoms with Crippen LogP contribution in [0.15, 0.2) is 18.2 Å². The summed E-state index contributed by atoms with van der Waals surface area (Å²) in [4.78, 5) is 4.64. The molecule has 1 aromatic heterocycles. The minimum absolute atomic E-state index is 0.616. The smallest absolute Gasteiger partial charge is 0.143 e. The third-order valence-corrected chi connectivity index (χ3v) is 4.12. The first-order valence-corrected chi connectivity index (χ1v) is 8.32. The molecular weight excluding hydrogens is 296 g/mol. The molecule has 2 rings (SSSR count). The molecule has 0 bridgehead atoms. The minimum Gasteiger partial charge on any atom is -0.495 e. The van der Waals surface area contributed by atoms with Crippen LogP contribution in [0.3, 0.4) is 0 Å². The minimum atomic E-state index is 0.616. The Labute approximate surface area is 138 Å². The fourth-order valence-corrected chi connectivity index (χ4v) is 3.07. The van der Waals surface area contributed by atoms with Gasteiger partial charge >= 0.3 is 0 Å². The molecular formula is C18H25ClN2O. The zero-order valence-electron chi connectivity index (χ0n) is 14.1. The third-order valence-electron chi connectivity index (χ3n) is 3.74. The number of hydrogen-bond donors (Lipinski definition) is 0. The lowest BCUT2D eigenvalue weighted by Crippen LogP contribution is -2.04. The molecule has 1 heterocycles. The Hall–Kier alpha value is -1.48. The van der Waals surface area contributed by atoms with E-state index in [1.54, 1.807) is 7.11 Å². The van der Waals surface area contributed by atoms with E-state index in [1.807, 2.05) is 4.57 Å². The van der Waals surface area contributed by atoms with Crippen molar-refractivity contribution in [2.24, 2.45) is 5.92 Å². The zero-order chi connectivity index (χ0) is 16.3. The SMILES string of the molecule is CCc1nc(CC)n(-c2ccc(CC(C)C)cc2OC)c1Cl. The molecule has 0 amide bonds. The van der Waals surface area contributed by atoms with E-state index in [0.717, 1.165) is 42.2 Å². The highest BCUT2D eigenvalue weighted by atomic mass is 35.5. The first-order chi connectivity index (χ1) is 10.5. The van der Waals surface area contributed by atoms with Crippen molar-refractivity contribution in [3.8, 4) is 11.4 Å². The van der Waals surface area contributed by atoms with Crippen molar-refractivity contribution in [2.45, 2.75) is 47.0 Å². The number of benzene rings is 1. The van der Waals surface area contributed by atoms with Crippen LogP contribution in [0.25, 0.3) is 5.69 Å². The van der Waals surface area contributed by atoms with Gasteiger partial charge < -0.3 is 4.74 Å². The maximum atomic E-state index is 6.54. The van der Waals surface area contributed by atoms with Gasteiger partial charge in [-0.3, -0.25) is 4.57 Å². The van der Waals surface area contributed by atoms with Crippen LogP contribution in [0.5, 0.6) is 5.75 Å². The largest absolute Gasteiger partial charge is 0.495 e. The maximum Gasteiger partial charge on any atom is 0.143 e. The highest BCUT2D eigenvalue weighted by molar-refractivity contribution is 6.30. The van der Waals surface area contributed by atoms with Crippen LogP contribution < -0.4 is 4.74 Å². The van der Waals surface area contributed by atoms with Crippen LogP contribution in [0.1, 0.15) is 44.8 Å². The summed E-state index contributed by atoms with van der Waals surface area (Å²) in [6, 6.07) is 6.35. The number of aromatic nitrogens is 2. The molecule has 2 aromatic rings. The van der Waals surface area contributed by atoms with Gasteiger partial charge in [-0.2, -0.15) is 0 Å². The van der Waals surface area contributed by atoms with Gasteiger partial charge in [0.25, 0.3) is 0 Å². The molecule has 0 N–H and O–H groups in total. The molecule has 4 heteroatoms. The van der Waals surface area contributed by atoms with Gasteiger partial charge in [0.05, 0.1) is 18.5 Å². The number of methoxy groups -OCH3 is 1. The lowest BCUT2D eigenvalue weighted by Gasteiger charge is -2.15. The van der Waals surface area contributed by atoms with Crippen molar-refractivity contribution < 1.29 is 4.74 Å². The molecule has 0 atom stereocenters. The highest BCUT2D eigenvalue weighted by Gasteiger charge is 2.18. The van der Waals surface area contributed by atoms with Gasteiger partial charge in [0.2, 0.25) is 0 Å². The van der Waals surface area contributed by atoms with Crippen LogP contribution in [-0.2, 0) is 19.3 Å². The summed E-state index contributed by atoms with van der Waals surface area (Å²) in [5.74, 6) is 2.43. The molecule has 0 fully saturated rings. The highest BCUT2D eigenvalue weighted by Crippen LogP contribution is 2.31. The fraction of sp³-hybridized carbons (Fsp3) is 0.500. The molecule has 0 saturated carbocycles. The van der Waals surface area contributed by atoms with Crippen LogP contribution in [-0.4, -0.2) is 16.7 Å². The lowest BCUT2D eigenvalue weighted by atomic mass is 10.0. The van der Waals surface area contributed by atoms with Gasteiger partial charge in [-0.25, -0.2) is 4.98 Å². The molecule has 0 radical (unpaired) electrons. The molecule has 0 unspecified atom stereocenters. The summed E-state index contributed by atoms with van der Waals surface area (Å²) in [5.41, 5.74) is 3.18. The summed E-state index contributed by atoms with van der Waals surface area (Å²) in [7, 11) is 1.70. The summed E-state index contributed by atoms with van der Waals surface area (Å²) < 4.78 is 7.62. The standard InChI is InChI=1S/C18H25ClN2O/c1-6-14-18(19)21(17(7-2)20-14)15-9-8-13(10-12(3)4)11-16(15)22-5/h8-9,11-12H,6-7,10H2,1-5H3. The molecule has 0 saturated heterocycles. The Bertz CT molecular complexity index is 647. The maximum absolute atomic E-state index is 6.54. The normalized spacial score (nSPS) is 11.2. The van der Waals surface area contributed by atoms with Crippen molar-refractivity contribution in [2.75, 3.05) is 7.11 Å². The first-order valence-electron chi connectivity index (χ1n) is 7.95. The number of aryl methyl sites for hydroxylation is 2. The Morgan fingerprint density at radius 1 is 1.23 bits per heavy atom. The average molecular weight is 321 g/mol. The quantitative estimate of drug-likeness (QED) is 0.760. The lowest BCUT2D eigenvalue weighted by molar-refractivity contribution is 0.411. The van der Waals surface area contributed by atoms with Crippen molar-refractivity contribution in [1.82, 2.24) is 9.55 Å². The number of imidazole rings is 1. The Morgan fingerprint density at radius 3 is 2.50 bits per heavy atom. The molecule has 0 aliphatic rings. The van der Waals surface area contributed by atoms with Crippen LogP contribution in [0.2, 0.25) is 5.15 Å². The molecule has 22 heavy (non-hydrogen) atoms. The number of rotatable bonds is 6. The van der Waals surface area contributed by atoms with Crippen molar-refractivity contribution in [1.29, 1.82) is 0 Å². The van der Waals surface area contributed by atoms with E-state index in [-0.39, 0.29) is 0 Å². The van der Waals surface area contributed by atoms with E-state index in [4.69, 9.17) is 16.3 Å². The van der Waals surface area contributed by atoms with E-state index >= 15 is 0 Å². The Kier molecular flexibility index (Phi) is 5.52. The summed E-state index contributed by atoms with van der Waals surface area (Å²) in [5, 5.41) is 0.689. The average Bonchev–Trinajstić information content (AvgIpc) is 2.82. The molecule has 0 aliphatic heterocycles. The zero-order valence-corrected chi connectivity index (χ0v) is 14.9. The molecule has 120 valence electrons. The molecule has 0 aliphatic carbocycles. The number of nitrogens with zero attached hydrogens (tertiary/aromatic N) is 2. The van der Waals surface area contributed by atoms with Crippen LogP contribution in [0.4, 0.5) is 0 Å². The number of halogens is 1. The molecule has 1 aromatic carbocycles. The van der Waals surface area contributed by atoms with Crippen LogP contribution >= 0.6 is 11.6 Å². The van der Waals surface area contributed by atoms with Gasteiger partial charge in [0.1, 0.15) is 16.7 Å². The second-order valence-electron chi connectivity index (χ2n) is 5.91. The summed E-state index contributed by atoms with van der Waals surface area (Å²) >= 11 is 6.54. The van der Waals surface area contributed by atoms with E-state index in [1.165, 1.54) is 5.56 Å². The van der Waals surface area contributed by atoms with E-state index in [9.17, 15) is 0 Å². The fourth-order valence-electron chi connectivity index (χ4n) is 2.71. The predicted molar refractivity (Wildman–Crippen MR) is 92.4 cm³/mol. The van der Waals surface area contributed by atoms with E-state index in [0.29, 0.717) is 11.1 Å². The summed E-state index contributed by atoms with van der Waals surface area (Å²) in [6.07, 6.45) is 2.69. The second kappa shape index (κ2) is 7.19. The van der Waals surface area contributed by atoms with Crippen molar-refractivity contribution in [3.05, 3.63) is 40.4 Å². The monoisotopic (exact) mass is 320 g/mol. The Balaban J connectivity index is 2.55. The van der Waals surface area contributed by atoms with Gasteiger partial charge in [-0.15, -0.1) is 0 Å². The number of hydrogen-bond acceptors (Lipinski definition) is 2. The molecule has 3 nitrogen and oxygen atoms in total. The van der Waals surface area contributed by atoms with Crippen LogP contribution in [0, 0.1) is 5.92 Å². The van der Waals surface area contributed by atoms with E-state index in [2.05, 4.69) is 50.9 Å². The van der Waals surface area contributed by atoms with Gasteiger partial charge in [-0.1, -0.05) is 45.4 Å². The van der Waals surface area contributed by atoms with Crippen molar-refractivity contribution in [3.63, 3.8) is 0 Å². The first kappa shape index (κ1) is 16.9. The van der Waals surface area contributed by atoms with Gasteiger partial charge in [-0.05, 0) is 36.5 Å².